The van der Waals surface area contributed by atoms with Crippen LogP contribution in [0.4, 0.5) is 5.00 Å². The number of fused-ring (bicyclic) bond motifs is 1. The second-order valence-corrected chi connectivity index (χ2v) is 11.1. The van der Waals surface area contributed by atoms with Gasteiger partial charge in [-0.1, -0.05) is 24.3 Å². The SMILES string of the molecule is C=CCn1c(SCC(=O)Nc2sc3c(c2C(=O)OCC)CCCCC3)nnc1-c1csc(C)c1. The minimum Gasteiger partial charge on any atom is -0.462 e. The molecule has 0 aliphatic heterocycles. The first kappa shape index (κ1) is 24.7. The minimum atomic E-state index is -0.355. The fraction of sp³-hybridized carbons (Fsp3) is 0.417. The number of thiophene rings is 2. The molecule has 0 saturated heterocycles. The van der Waals surface area contributed by atoms with Gasteiger partial charge in [-0.3, -0.25) is 9.36 Å². The highest BCUT2D eigenvalue weighted by Gasteiger charge is 2.27. The van der Waals surface area contributed by atoms with E-state index in [2.05, 4.69) is 40.5 Å². The number of anilines is 1. The minimum absolute atomic E-state index is 0.156. The van der Waals surface area contributed by atoms with Gasteiger partial charge in [0.2, 0.25) is 5.91 Å². The number of allylic oxidation sites excluding steroid dienone is 1. The van der Waals surface area contributed by atoms with Crippen molar-refractivity contribution in [1.29, 1.82) is 0 Å². The maximum Gasteiger partial charge on any atom is 0.341 e. The maximum absolute atomic E-state index is 12.9. The molecule has 0 fully saturated rings. The lowest BCUT2D eigenvalue weighted by molar-refractivity contribution is -0.113. The van der Waals surface area contributed by atoms with Crippen LogP contribution in [0, 0.1) is 6.92 Å². The van der Waals surface area contributed by atoms with Gasteiger partial charge in [-0.2, -0.15) is 0 Å². The molecule has 0 bridgehead atoms. The Kier molecular flexibility index (Phi) is 8.23. The molecule has 34 heavy (non-hydrogen) atoms. The number of carbonyl (C=O) groups is 2. The molecule has 0 aromatic carbocycles. The lowest BCUT2D eigenvalue weighted by Crippen LogP contribution is -2.17. The van der Waals surface area contributed by atoms with E-state index in [4.69, 9.17) is 4.74 Å². The molecule has 0 saturated carbocycles. The van der Waals surface area contributed by atoms with Gasteiger partial charge in [0, 0.05) is 27.2 Å². The van der Waals surface area contributed by atoms with Crippen LogP contribution in [0.2, 0.25) is 0 Å². The summed E-state index contributed by atoms with van der Waals surface area (Å²) >= 11 is 4.49. The van der Waals surface area contributed by atoms with E-state index in [1.807, 2.05) is 4.57 Å². The molecule has 1 amide bonds. The van der Waals surface area contributed by atoms with Crippen LogP contribution in [-0.4, -0.2) is 39.0 Å². The summed E-state index contributed by atoms with van der Waals surface area (Å²) in [5, 5.41) is 14.9. The van der Waals surface area contributed by atoms with Crippen LogP contribution in [0.1, 0.15) is 51.9 Å². The molecule has 0 unspecified atom stereocenters. The van der Waals surface area contributed by atoms with Crippen LogP contribution in [0.3, 0.4) is 0 Å². The van der Waals surface area contributed by atoms with Crippen LogP contribution in [0.5, 0.6) is 0 Å². The second-order valence-electron chi connectivity index (χ2n) is 7.98. The van der Waals surface area contributed by atoms with E-state index in [1.165, 1.54) is 32.9 Å². The number of rotatable bonds is 9. The van der Waals surface area contributed by atoms with Crippen molar-refractivity contribution < 1.29 is 14.3 Å². The zero-order chi connectivity index (χ0) is 24.1. The molecule has 3 aromatic heterocycles. The van der Waals surface area contributed by atoms with Crippen LogP contribution < -0.4 is 5.32 Å². The molecular weight excluding hydrogens is 488 g/mol. The fourth-order valence-corrected chi connectivity index (χ4v) is 6.73. The van der Waals surface area contributed by atoms with Gasteiger partial charge in [-0.15, -0.1) is 39.4 Å². The molecule has 3 heterocycles. The molecule has 1 N–H and O–H groups in total. The van der Waals surface area contributed by atoms with Gasteiger partial charge in [-0.25, -0.2) is 4.79 Å². The first-order chi connectivity index (χ1) is 16.5. The third-order valence-electron chi connectivity index (χ3n) is 5.50. The number of hydrogen-bond acceptors (Lipinski definition) is 8. The van der Waals surface area contributed by atoms with E-state index in [9.17, 15) is 9.59 Å². The smallest absolute Gasteiger partial charge is 0.341 e. The standard InChI is InChI=1S/C24H28N4O3S3/c1-4-11-28-21(16-12-15(3)32-13-16)26-27-24(28)33-14-19(29)25-22-20(23(30)31-5-2)17-9-7-6-8-10-18(17)34-22/h4,12-13H,1,5-11,14H2,2-3H3,(H,25,29). The average Bonchev–Trinajstić information content (AvgIpc) is 3.45. The van der Waals surface area contributed by atoms with Crippen molar-refractivity contribution in [2.75, 3.05) is 17.7 Å². The zero-order valence-electron chi connectivity index (χ0n) is 19.4. The molecular formula is C24H28N4O3S3. The Balaban J connectivity index is 1.50. The van der Waals surface area contributed by atoms with Crippen molar-refractivity contribution in [2.24, 2.45) is 0 Å². The number of esters is 1. The molecule has 0 radical (unpaired) electrons. The number of carbonyl (C=O) groups excluding carboxylic acids is 2. The Labute approximate surface area is 211 Å². The monoisotopic (exact) mass is 516 g/mol. The number of hydrogen-bond donors (Lipinski definition) is 1. The Bertz CT molecular complexity index is 1190. The largest absolute Gasteiger partial charge is 0.462 e. The van der Waals surface area contributed by atoms with Crippen LogP contribution in [0.25, 0.3) is 11.4 Å². The van der Waals surface area contributed by atoms with Gasteiger partial charge < -0.3 is 10.1 Å². The van der Waals surface area contributed by atoms with Crippen molar-refractivity contribution in [1.82, 2.24) is 14.8 Å². The number of thioether (sulfide) groups is 1. The number of nitrogens with zero attached hydrogens (tertiary/aromatic N) is 3. The van der Waals surface area contributed by atoms with Crippen molar-refractivity contribution in [3.63, 3.8) is 0 Å². The van der Waals surface area contributed by atoms with E-state index in [-0.39, 0.29) is 17.6 Å². The van der Waals surface area contributed by atoms with Gasteiger partial charge in [0.1, 0.15) is 5.00 Å². The Morgan fingerprint density at radius 2 is 2.12 bits per heavy atom. The Morgan fingerprint density at radius 1 is 1.29 bits per heavy atom. The van der Waals surface area contributed by atoms with Crippen LogP contribution in [0.15, 0.2) is 29.3 Å². The molecule has 180 valence electrons. The predicted octanol–water partition coefficient (Wildman–Crippen LogP) is 5.74. The van der Waals surface area contributed by atoms with E-state index in [0.717, 1.165) is 49.1 Å². The summed E-state index contributed by atoms with van der Waals surface area (Å²) in [7, 11) is 0. The number of amides is 1. The summed E-state index contributed by atoms with van der Waals surface area (Å²) in [6.07, 6.45) is 6.88. The lowest BCUT2D eigenvalue weighted by atomic mass is 10.1. The average molecular weight is 517 g/mol. The topological polar surface area (TPSA) is 86.1 Å². The van der Waals surface area contributed by atoms with E-state index < -0.39 is 0 Å². The highest BCUT2D eigenvalue weighted by molar-refractivity contribution is 7.99. The summed E-state index contributed by atoms with van der Waals surface area (Å²) in [6, 6.07) is 2.08. The first-order valence-electron chi connectivity index (χ1n) is 11.4. The fourth-order valence-electron chi connectivity index (χ4n) is 4.01. The Hall–Kier alpha value is -2.43. The third kappa shape index (κ3) is 5.45. The molecule has 10 heteroatoms. The van der Waals surface area contributed by atoms with Crippen LogP contribution in [-0.2, 0) is 28.9 Å². The first-order valence-corrected chi connectivity index (χ1v) is 14.0. The molecule has 3 aromatic rings. The summed E-state index contributed by atoms with van der Waals surface area (Å²) in [5.41, 5.74) is 2.59. The highest BCUT2D eigenvalue weighted by atomic mass is 32.2. The number of aryl methyl sites for hydroxylation is 2. The Morgan fingerprint density at radius 3 is 2.85 bits per heavy atom. The zero-order valence-corrected chi connectivity index (χ0v) is 21.8. The van der Waals surface area contributed by atoms with Gasteiger partial charge in [0.05, 0.1) is 17.9 Å². The highest BCUT2D eigenvalue weighted by Crippen LogP contribution is 2.38. The number of aromatic nitrogens is 3. The molecule has 1 aliphatic rings. The van der Waals surface area contributed by atoms with Crippen molar-refractivity contribution in [3.8, 4) is 11.4 Å². The summed E-state index contributed by atoms with van der Waals surface area (Å²) < 4.78 is 7.28. The quantitative estimate of drug-likeness (QED) is 0.169. The van der Waals surface area contributed by atoms with Crippen molar-refractivity contribution >= 4 is 51.3 Å². The summed E-state index contributed by atoms with van der Waals surface area (Å²) in [4.78, 5) is 28.0. The predicted molar refractivity (Wildman–Crippen MR) is 139 cm³/mol. The molecule has 0 spiro atoms. The third-order valence-corrected chi connectivity index (χ3v) is 8.54. The summed E-state index contributed by atoms with van der Waals surface area (Å²) in [6.45, 7) is 8.54. The normalized spacial score (nSPS) is 13.2. The molecule has 7 nitrogen and oxygen atoms in total. The lowest BCUT2D eigenvalue weighted by Gasteiger charge is -2.09. The molecule has 1 aliphatic carbocycles. The van der Waals surface area contributed by atoms with E-state index in [0.29, 0.717) is 28.9 Å². The van der Waals surface area contributed by atoms with Gasteiger partial charge in [0.25, 0.3) is 0 Å². The number of nitrogens with one attached hydrogen (secondary N) is 1. The molecule has 0 atom stereocenters. The van der Waals surface area contributed by atoms with Crippen molar-refractivity contribution in [3.05, 3.63) is 45.0 Å². The van der Waals surface area contributed by atoms with E-state index in [1.54, 1.807) is 24.3 Å². The van der Waals surface area contributed by atoms with Gasteiger partial charge in [0.15, 0.2) is 11.0 Å². The number of ether oxygens (including phenoxy) is 1. The second kappa shape index (κ2) is 11.3. The van der Waals surface area contributed by atoms with Crippen molar-refractivity contribution in [2.45, 2.75) is 57.7 Å². The maximum atomic E-state index is 12.9. The van der Waals surface area contributed by atoms with E-state index >= 15 is 0 Å². The van der Waals surface area contributed by atoms with Crippen LogP contribution >= 0.6 is 34.4 Å². The molecule has 4 rings (SSSR count). The summed E-state index contributed by atoms with van der Waals surface area (Å²) in [5.74, 6) is 0.376. The van der Waals surface area contributed by atoms with Gasteiger partial charge >= 0.3 is 5.97 Å². The van der Waals surface area contributed by atoms with Gasteiger partial charge in [-0.05, 0) is 51.2 Å².